The van der Waals surface area contributed by atoms with E-state index in [-0.39, 0.29) is 0 Å². The molecule has 1 nitrogen and oxygen atoms in total. The highest BCUT2D eigenvalue weighted by atomic mass is 14.6. The van der Waals surface area contributed by atoms with Crippen LogP contribution in [0.2, 0.25) is 0 Å². The molecule has 0 aromatic carbocycles. The standard InChI is InChI=1S/C10H21N/c1-10(2,3)9(7-11)6-8-4-5-8/h8-9H,4-7,11H2,1-3H3. The van der Waals surface area contributed by atoms with Crippen LogP contribution in [0.15, 0.2) is 0 Å². The summed E-state index contributed by atoms with van der Waals surface area (Å²) in [6.45, 7) is 7.76. The first-order valence-electron chi connectivity index (χ1n) is 4.74. The van der Waals surface area contributed by atoms with Crippen LogP contribution >= 0.6 is 0 Å². The smallest absolute Gasteiger partial charge is 0.00438 e. The fraction of sp³-hybridized carbons (Fsp3) is 1.00. The maximum atomic E-state index is 5.73. The van der Waals surface area contributed by atoms with Crippen molar-refractivity contribution in [1.82, 2.24) is 0 Å². The van der Waals surface area contributed by atoms with E-state index in [9.17, 15) is 0 Å². The van der Waals surface area contributed by atoms with Crippen molar-refractivity contribution in [2.45, 2.75) is 40.0 Å². The zero-order valence-electron chi connectivity index (χ0n) is 8.06. The zero-order valence-corrected chi connectivity index (χ0v) is 8.06. The molecule has 0 amide bonds. The van der Waals surface area contributed by atoms with Gasteiger partial charge in [-0.05, 0) is 30.2 Å². The number of rotatable bonds is 3. The minimum Gasteiger partial charge on any atom is -0.330 e. The van der Waals surface area contributed by atoms with Gasteiger partial charge in [0.25, 0.3) is 0 Å². The Bertz CT molecular complexity index is 119. The fourth-order valence-electron chi connectivity index (χ4n) is 1.56. The highest BCUT2D eigenvalue weighted by Gasteiger charge is 2.30. The molecule has 0 heterocycles. The SMILES string of the molecule is CC(C)(C)C(CN)CC1CC1. The second-order valence-electron chi connectivity index (χ2n) is 4.98. The normalized spacial score (nSPS) is 21.8. The third kappa shape index (κ3) is 2.82. The molecule has 66 valence electrons. The van der Waals surface area contributed by atoms with Crippen LogP contribution in [-0.2, 0) is 0 Å². The lowest BCUT2D eigenvalue weighted by atomic mass is 9.78. The number of nitrogens with two attached hydrogens (primary N) is 1. The van der Waals surface area contributed by atoms with Gasteiger partial charge >= 0.3 is 0 Å². The number of hydrogen-bond acceptors (Lipinski definition) is 1. The summed E-state index contributed by atoms with van der Waals surface area (Å²) in [6.07, 6.45) is 4.26. The van der Waals surface area contributed by atoms with Crippen LogP contribution < -0.4 is 5.73 Å². The summed E-state index contributed by atoms with van der Waals surface area (Å²) >= 11 is 0. The van der Waals surface area contributed by atoms with Crippen LogP contribution in [0.3, 0.4) is 0 Å². The van der Waals surface area contributed by atoms with Gasteiger partial charge in [-0.3, -0.25) is 0 Å². The van der Waals surface area contributed by atoms with E-state index in [2.05, 4.69) is 20.8 Å². The molecule has 1 heteroatoms. The van der Waals surface area contributed by atoms with Crippen LogP contribution in [0.5, 0.6) is 0 Å². The summed E-state index contributed by atoms with van der Waals surface area (Å²) < 4.78 is 0. The quantitative estimate of drug-likeness (QED) is 0.665. The lowest BCUT2D eigenvalue weighted by Gasteiger charge is -2.29. The molecule has 0 spiro atoms. The topological polar surface area (TPSA) is 26.0 Å². The first-order valence-corrected chi connectivity index (χ1v) is 4.74. The summed E-state index contributed by atoms with van der Waals surface area (Å²) in [5.41, 5.74) is 6.15. The van der Waals surface area contributed by atoms with Crippen LogP contribution in [0.25, 0.3) is 0 Å². The predicted molar refractivity (Wildman–Crippen MR) is 49.3 cm³/mol. The molecule has 1 aliphatic rings. The van der Waals surface area contributed by atoms with E-state index >= 15 is 0 Å². The molecule has 1 aliphatic carbocycles. The molecule has 0 radical (unpaired) electrons. The Morgan fingerprint density at radius 1 is 1.36 bits per heavy atom. The van der Waals surface area contributed by atoms with E-state index in [1.807, 2.05) is 0 Å². The Kier molecular flexibility index (Phi) is 2.58. The second kappa shape index (κ2) is 3.14. The summed E-state index contributed by atoms with van der Waals surface area (Å²) in [5.74, 6) is 1.75. The predicted octanol–water partition coefficient (Wildman–Crippen LogP) is 2.41. The molecule has 0 aromatic heterocycles. The van der Waals surface area contributed by atoms with E-state index in [0.29, 0.717) is 5.41 Å². The molecule has 1 saturated carbocycles. The summed E-state index contributed by atoms with van der Waals surface area (Å²) in [5, 5.41) is 0. The van der Waals surface area contributed by atoms with E-state index in [0.717, 1.165) is 18.4 Å². The Labute approximate surface area is 70.4 Å². The third-order valence-corrected chi connectivity index (χ3v) is 2.82. The third-order valence-electron chi connectivity index (χ3n) is 2.82. The summed E-state index contributed by atoms with van der Waals surface area (Å²) in [4.78, 5) is 0. The highest BCUT2D eigenvalue weighted by Crippen LogP contribution is 2.40. The molecule has 0 bridgehead atoms. The van der Waals surface area contributed by atoms with E-state index < -0.39 is 0 Å². The van der Waals surface area contributed by atoms with Gasteiger partial charge < -0.3 is 5.73 Å². The van der Waals surface area contributed by atoms with Crippen molar-refractivity contribution in [2.75, 3.05) is 6.54 Å². The van der Waals surface area contributed by atoms with Gasteiger partial charge in [-0.2, -0.15) is 0 Å². The largest absolute Gasteiger partial charge is 0.330 e. The van der Waals surface area contributed by atoms with Gasteiger partial charge in [0, 0.05) is 0 Å². The lowest BCUT2D eigenvalue weighted by Crippen LogP contribution is -2.28. The average molecular weight is 155 g/mol. The molecular weight excluding hydrogens is 134 g/mol. The van der Waals surface area contributed by atoms with E-state index in [1.54, 1.807) is 0 Å². The zero-order chi connectivity index (χ0) is 8.48. The molecule has 1 fully saturated rings. The molecule has 1 rings (SSSR count). The van der Waals surface area contributed by atoms with Crippen molar-refractivity contribution in [3.8, 4) is 0 Å². The minimum atomic E-state index is 0.414. The van der Waals surface area contributed by atoms with Crippen molar-refractivity contribution in [3.63, 3.8) is 0 Å². The Hall–Kier alpha value is -0.0400. The van der Waals surface area contributed by atoms with Gasteiger partial charge in [0.15, 0.2) is 0 Å². The van der Waals surface area contributed by atoms with Gasteiger partial charge in [-0.25, -0.2) is 0 Å². The van der Waals surface area contributed by atoms with Crippen LogP contribution in [-0.4, -0.2) is 6.54 Å². The van der Waals surface area contributed by atoms with Crippen molar-refractivity contribution in [3.05, 3.63) is 0 Å². The number of hydrogen-bond donors (Lipinski definition) is 1. The monoisotopic (exact) mass is 155 g/mol. The molecular formula is C10H21N. The maximum Gasteiger partial charge on any atom is -0.00438 e. The van der Waals surface area contributed by atoms with Crippen molar-refractivity contribution < 1.29 is 0 Å². The summed E-state index contributed by atoms with van der Waals surface area (Å²) in [6, 6.07) is 0. The highest BCUT2D eigenvalue weighted by molar-refractivity contribution is 4.82. The maximum absolute atomic E-state index is 5.73. The second-order valence-corrected chi connectivity index (χ2v) is 4.98. The minimum absolute atomic E-state index is 0.414. The van der Waals surface area contributed by atoms with Gasteiger partial charge in [-0.1, -0.05) is 33.6 Å². The van der Waals surface area contributed by atoms with E-state index in [4.69, 9.17) is 5.73 Å². The Morgan fingerprint density at radius 3 is 2.18 bits per heavy atom. The molecule has 11 heavy (non-hydrogen) atoms. The molecule has 0 aromatic rings. The molecule has 1 atom stereocenters. The first-order chi connectivity index (χ1) is 5.04. The van der Waals surface area contributed by atoms with Crippen molar-refractivity contribution in [1.29, 1.82) is 0 Å². The lowest BCUT2D eigenvalue weighted by molar-refractivity contribution is 0.224. The average Bonchev–Trinajstić information content (AvgIpc) is 2.62. The van der Waals surface area contributed by atoms with Crippen LogP contribution in [0.4, 0.5) is 0 Å². The van der Waals surface area contributed by atoms with Crippen LogP contribution in [0.1, 0.15) is 40.0 Å². The van der Waals surface area contributed by atoms with Gasteiger partial charge in [-0.15, -0.1) is 0 Å². The van der Waals surface area contributed by atoms with Gasteiger partial charge in [0.05, 0.1) is 0 Å². The first kappa shape index (κ1) is 9.05. The molecule has 2 N–H and O–H groups in total. The Morgan fingerprint density at radius 2 is 1.91 bits per heavy atom. The van der Waals surface area contributed by atoms with Gasteiger partial charge in [0.2, 0.25) is 0 Å². The van der Waals surface area contributed by atoms with E-state index in [1.165, 1.54) is 19.3 Å². The van der Waals surface area contributed by atoms with Gasteiger partial charge in [0.1, 0.15) is 0 Å². The molecule has 0 saturated heterocycles. The molecule has 1 unspecified atom stereocenters. The van der Waals surface area contributed by atoms with Crippen molar-refractivity contribution in [2.24, 2.45) is 23.0 Å². The van der Waals surface area contributed by atoms with Crippen molar-refractivity contribution >= 4 is 0 Å². The van der Waals surface area contributed by atoms with Crippen LogP contribution in [0, 0.1) is 17.3 Å². The molecule has 0 aliphatic heterocycles. The fourth-order valence-corrected chi connectivity index (χ4v) is 1.56. The Balaban J connectivity index is 2.34. The summed E-state index contributed by atoms with van der Waals surface area (Å²) in [7, 11) is 0.